The van der Waals surface area contributed by atoms with E-state index in [9.17, 15) is 4.79 Å². The number of hydrogen-bond donors (Lipinski definition) is 1. The summed E-state index contributed by atoms with van der Waals surface area (Å²) in [6.45, 7) is 9.65. The summed E-state index contributed by atoms with van der Waals surface area (Å²) in [5.41, 5.74) is 5.66. The number of nitrogens with two attached hydrogens (primary N) is 1. The summed E-state index contributed by atoms with van der Waals surface area (Å²) in [6.07, 6.45) is 7.18. The average molecular weight is 284 g/mol. The Bertz CT molecular complexity index is 302. The Morgan fingerprint density at radius 1 is 1.20 bits per heavy atom. The number of rotatable bonds is 5. The number of likely N-dealkylation sites (N-methyl/N-ethyl adjacent to an activating group) is 1. The third-order valence-electron chi connectivity index (χ3n) is 4.21. The molecule has 0 heterocycles. The zero-order valence-electron chi connectivity index (χ0n) is 13.7. The van der Waals surface area contributed by atoms with Gasteiger partial charge in [-0.2, -0.15) is 0 Å². The lowest BCUT2D eigenvalue weighted by molar-refractivity contribution is -0.158. The summed E-state index contributed by atoms with van der Waals surface area (Å²) in [5, 5.41) is 0. The summed E-state index contributed by atoms with van der Waals surface area (Å²) in [4.78, 5) is 14.4. The molecule has 1 saturated carbocycles. The molecule has 1 aliphatic carbocycles. The molecule has 0 aromatic rings. The van der Waals surface area contributed by atoms with Crippen LogP contribution in [-0.2, 0) is 9.53 Å². The highest BCUT2D eigenvalue weighted by molar-refractivity contribution is 5.72. The van der Waals surface area contributed by atoms with E-state index in [0.29, 0.717) is 13.1 Å². The summed E-state index contributed by atoms with van der Waals surface area (Å²) in [7, 11) is 0. The highest BCUT2D eigenvalue weighted by Gasteiger charge is 2.36. The number of ether oxygens (including phenoxy) is 1. The zero-order valence-corrected chi connectivity index (χ0v) is 13.7. The molecule has 0 aromatic carbocycles. The largest absolute Gasteiger partial charge is 0.459 e. The molecule has 0 atom stereocenters. The molecule has 0 saturated heterocycles. The van der Waals surface area contributed by atoms with E-state index in [1.807, 2.05) is 20.8 Å². The van der Waals surface area contributed by atoms with Gasteiger partial charge in [-0.15, -0.1) is 0 Å². The van der Waals surface area contributed by atoms with Gasteiger partial charge < -0.3 is 10.5 Å². The van der Waals surface area contributed by atoms with Gasteiger partial charge in [-0.25, -0.2) is 0 Å². The second-order valence-electron chi connectivity index (χ2n) is 6.94. The molecule has 0 amide bonds. The smallest absolute Gasteiger partial charge is 0.320 e. The zero-order chi connectivity index (χ0) is 15.2. The Morgan fingerprint density at radius 2 is 1.75 bits per heavy atom. The quantitative estimate of drug-likeness (QED) is 0.623. The molecule has 0 bridgehead atoms. The van der Waals surface area contributed by atoms with Crippen molar-refractivity contribution >= 4 is 5.97 Å². The number of carbonyl (C=O) groups is 1. The van der Waals surface area contributed by atoms with E-state index in [4.69, 9.17) is 10.5 Å². The highest BCUT2D eigenvalue weighted by Crippen LogP contribution is 2.31. The van der Waals surface area contributed by atoms with Crippen LogP contribution in [0.25, 0.3) is 0 Å². The average Bonchev–Trinajstić information content (AvgIpc) is 2.60. The molecule has 4 heteroatoms. The third kappa shape index (κ3) is 5.06. The topological polar surface area (TPSA) is 55.6 Å². The first kappa shape index (κ1) is 17.4. The number of esters is 1. The normalized spacial score (nSPS) is 19.7. The maximum atomic E-state index is 12.1. The first-order valence-electron chi connectivity index (χ1n) is 8.00. The van der Waals surface area contributed by atoms with Crippen molar-refractivity contribution in [2.45, 2.75) is 77.4 Å². The molecule has 0 radical (unpaired) electrons. The van der Waals surface area contributed by atoms with Crippen LogP contribution in [-0.4, -0.2) is 41.6 Å². The van der Waals surface area contributed by atoms with Crippen molar-refractivity contribution in [2.24, 2.45) is 5.73 Å². The minimum atomic E-state index is -0.421. The molecule has 118 valence electrons. The maximum Gasteiger partial charge on any atom is 0.320 e. The van der Waals surface area contributed by atoms with Gasteiger partial charge >= 0.3 is 5.97 Å². The third-order valence-corrected chi connectivity index (χ3v) is 4.21. The van der Waals surface area contributed by atoms with Crippen LogP contribution in [0.5, 0.6) is 0 Å². The Balaban J connectivity index is 2.73. The van der Waals surface area contributed by atoms with Crippen LogP contribution in [0.4, 0.5) is 0 Å². The lowest BCUT2D eigenvalue weighted by Crippen LogP contribution is -2.55. The summed E-state index contributed by atoms with van der Waals surface area (Å²) in [5.74, 6) is -0.142. The number of hydrogen-bond acceptors (Lipinski definition) is 4. The maximum absolute atomic E-state index is 12.1. The Labute approximate surface area is 124 Å². The molecule has 0 aliphatic heterocycles. The Kier molecular flexibility index (Phi) is 6.46. The molecule has 1 fully saturated rings. The second-order valence-corrected chi connectivity index (χ2v) is 6.94. The van der Waals surface area contributed by atoms with E-state index in [1.165, 1.54) is 25.7 Å². The van der Waals surface area contributed by atoms with E-state index in [-0.39, 0.29) is 11.5 Å². The van der Waals surface area contributed by atoms with Crippen molar-refractivity contribution in [3.05, 3.63) is 0 Å². The molecule has 0 unspecified atom stereocenters. The molecule has 4 nitrogen and oxygen atoms in total. The minimum absolute atomic E-state index is 0.0118. The summed E-state index contributed by atoms with van der Waals surface area (Å²) in [6, 6.07) is 0. The Hall–Kier alpha value is -0.610. The molecular weight excluding hydrogens is 252 g/mol. The predicted molar refractivity (Wildman–Crippen MR) is 82.6 cm³/mol. The molecular formula is C16H32N2O2. The Morgan fingerprint density at radius 3 is 2.15 bits per heavy atom. The van der Waals surface area contributed by atoms with E-state index < -0.39 is 5.60 Å². The van der Waals surface area contributed by atoms with Gasteiger partial charge in [0.05, 0.1) is 6.54 Å². The van der Waals surface area contributed by atoms with Crippen molar-refractivity contribution in [1.29, 1.82) is 0 Å². The van der Waals surface area contributed by atoms with Crippen LogP contribution in [0.1, 0.15) is 66.2 Å². The number of nitrogens with zero attached hydrogens (tertiary/aromatic N) is 1. The monoisotopic (exact) mass is 284 g/mol. The molecule has 0 spiro atoms. The minimum Gasteiger partial charge on any atom is -0.459 e. The number of carbonyl (C=O) groups excluding carboxylic acids is 1. The SMILES string of the molecule is CCN(CC(=O)OC(C)(C)C)C1(CN)CCCCCC1. The fourth-order valence-electron chi connectivity index (χ4n) is 3.18. The lowest BCUT2D eigenvalue weighted by Gasteiger charge is -2.42. The van der Waals surface area contributed by atoms with Crippen molar-refractivity contribution in [1.82, 2.24) is 4.90 Å². The summed E-state index contributed by atoms with van der Waals surface area (Å²) >= 11 is 0. The molecule has 1 rings (SSSR count). The molecule has 20 heavy (non-hydrogen) atoms. The standard InChI is InChI=1S/C16H32N2O2/c1-5-18(12-14(19)20-15(2,3)4)16(13-17)10-8-6-7-9-11-16/h5-13,17H2,1-4H3. The van der Waals surface area contributed by atoms with Crippen molar-refractivity contribution in [3.8, 4) is 0 Å². The van der Waals surface area contributed by atoms with Crippen LogP contribution in [0.15, 0.2) is 0 Å². The molecule has 1 aliphatic rings. The van der Waals surface area contributed by atoms with E-state index in [1.54, 1.807) is 0 Å². The van der Waals surface area contributed by atoms with Gasteiger partial charge in [-0.3, -0.25) is 9.69 Å². The first-order valence-corrected chi connectivity index (χ1v) is 8.00. The van der Waals surface area contributed by atoms with E-state index in [0.717, 1.165) is 19.4 Å². The van der Waals surface area contributed by atoms with Gasteiger partial charge in [-0.1, -0.05) is 32.6 Å². The molecule has 0 aromatic heterocycles. The van der Waals surface area contributed by atoms with Crippen molar-refractivity contribution in [3.63, 3.8) is 0 Å². The van der Waals surface area contributed by atoms with Crippen molar-refractivity contribution in [2.75, 3.05) is 19.6 Å². The van der Waals surface area contributed by atoms with E-state index in [2.05, 4.69) is 11.8 Å². The van der Waals surface area contributed by atoms with Crippen LogP contribution in [0.3, 0.4) is 0 Å². The summed E-state index contributed by atoms with van der Waals surface area (Å²) < 4.78 is 5.46. The van der Waals surface area contributed by atoms with Gasteiger partial charge in [-0.05, 0) is 40.2 Å². The van der Waals surface area contributed by atoms with Gasteiger partial charge in [0.15, 0.2) is 0 Å². The van der Waals surface area contributed by atoms with Crippen LogP contribution in [0, 0.1) is 0 Å². The fourth-order valence-corrected chi connectivity index (χ4v) is 3.18. The highest BCUT2D eigenvalue weighted by atomic mass is 16.6. The second kappa shape index (κ2) is 7.41. The van der Waals surface area contributed by atoms with Gasteiger partial charge in [0.25, 0.3) is 0 Å². The fraction of sp³-hybridized carbons (Fsp3) is 0.938. The first-order chi connectivity index (χ1) is 9.33. The van der Waals surface area contributed by atoms with Crippen LogP contribution in [0.2, 0.25) is 0 Å². The van der Waals surface area contributed by atoms with Gasteiger partial charge in [0.2, 0.25) is 0 Å². The van der Waals surface area contributed by atoms with Gasteiger partial charge in [0, 0.05) is 12.1 Å². The van der Waals surface area contributed by atoms with Gasteiger partial charge in [0.1, 0.15) is 5.60 Å². The van der Waals surface area contributed by atoms with Crippen LogP contribution < -0.4 is 5.73 Å². The van der Waals surface area contributed by atoms with E-state index >= 15 is 0 Å². The van der Waals surface area contributed by atoms with Crippen molar-refractivity contribution < 1.29 is 9.53 Å². The lowest BCUT2D eigenvalue weighted by atomic mass is 9.88. The predicted octanol–water partition coefficient (Wildman–Crippen LogP) is 2.70. The van der Waals surface area contributed by atoms with Crippen LogP contribution >= 0.6 is 0 Å². The molecule has 2 N–H and O–H groups in total.